The van der Waals surface area contributed by atoms with Crippen LogP contribution in [0.5, 0.6) is 0 Å². The molecule has 1 aromatic heterocycles. The van der Waals surface area contributed by atoms with E-state index >= 15 is 0 Å². The normalized spacial score (nSPS) is 22.1. The Morgan fingerprint density at radius 1 is 1.32 bits per heavy atom. The van der Waals surface area contributed by atoms with Crippen LogP contribution in [0.1, 0.15) is 35.4 Å². The lowest BCUT2D eigenvalue weighted by molar-refractivity contribution is -0.133. The molecule has 4 rings (SSSR count). The molecule has 1 amide bonds. The Balaban J connectivity index is 1.37. The molecule has 3 heterocycles. The molecule has 0 radical (unpaired) electrons. The van der Waals surface area contributed by atoms with Gasteiger partial charge in [-0.3, -0.25) is 4.79 Å². The van der Waals surface area contributed by atoms with Crippen LogP contribution in [0.2, 0.25) is 0 Å². The molecule has 6 heteroatoms. The van der Waals surface area contributed by atoms with Gasteiger partial charge in [-0.2, -0.15) is 0 Å². The smallest absolute Gasteiger partial charge is 0.223 e. The molecule has 0 bridgehead atoms. The van der Waals surface area contributed by atoms with E-state index in [-0.39, 0.29) is 5.91 Å². The zero-order valence-electron chi connectivity index (χ0n) is 16.5. The van der Waals surface area contributed by atoms with E-state index in [0.717, 1.165) is 56.9 Å². The molecule has 1 fully saturated rings. The van der Waals surface area contributed by atoms with Crippen molar-refractivity contribution in [2.24, 2.45) is 11.8 Å². The van der Waals surface area contributed by atoms with Crippen molar-refractivity contribution in [3.05, 3.63) is 52.9 Å². The predicted octanol–water partition coefficient (Wildman–Crippen LogP) is 2.56. The van der Waals surface area contributed by atoms with Crippen LogP contribution < -0.4 is 5.32 Å². The van der Waals surface area contributed by atoms with Gasteiger partial charge in [0.1, 0.15) is 6.61 Å². The number of benzene rings is 1. The number of nitrogens with one attached hydrogen (secondary N) is 1. The SMILES string of the molecule is COCc1cc(CC2CNCCC2CC(=O)N2CCc3ccccc3C2)no1. The van der Waals surface area contributed by atoms with Gasteiger partial charge in [-0.15, -0.1) is 0 Å². The Labute approximate surface area is 166 Å². The standard InChI is InChI=1S/C22H29N3O3/c1-27-15-21-12-20(24-28-21)10-19-13-23-8-6-17(19)11-22(26)25-9-7-16-4-2-3-5-18(16)14-25/h2-5,12,17,19,23H,6-11,13-15H2,1H3. The molecule has 1 aromatic carbocycles. The maximum absolute atomic E-state index is 13.0. The number of carbonyl (C=O) groups excluding carboxylic acids is 1. The van der Waals surface area contributed by atoms with Crippen molar-refractivity contribution in [3.63, 3.8) is 0 Å². The van der Waals surface area contributed by atoms with Gasteiger partial charge in [0, 0.05) is 32.7 Å². The quantitative estimate of drug-likeness (QED) is 0.830. The highest BCUT2D eigenvalue weighted by atomic mass is 16.5. The Morgan fingerprint density at radius 2 is 2.18 bits per heavy atom. The summed E-state index contributed by atoms with van der Waals surface area (Å²) in [7, 11) is 1.65. The molecule has 2 aromatic rings. The Hall–Kier alpha value is -2.18. The lowest BCUT2D eigenvalue weighted by Gasteiger charge is -2.34. The first-order valence-electron chi connectivity index (χ1n) is 10.2. The van der Waals surface area contributed by atoms with Crippen LogP contribution in [-0.2, 0) is 35.5 Å². The molecule has 150 valence electrons. The number of rotatable bonds is 6. The summed E-state index contributed by atoms with van der Waals surface area (Å²) in [5.41, 5.74) is 3.62. The molecule has 0 saturated carbocycles. The number of piperidine rings is 1. The minimum Gasteiger partial charge on any atom is -0.377 e. The predicted molar refractivity (Wildman–Crippen MR) is 106 cm³/mol. The number of carbonyl (C=O) groups is 1. The topological polar surface area (TPSA) is 67.6 Å². The third-order valence-electron chi connectivity index (χ3n) is 6.05. The molecule has 2 aliphatic rings. The van der Waals surface area contributed by atoms with Crippen molar-refractivity contribution in [1.29, 1.82) is 0 Å². The number of nitrogens with zero attached hydrogens (tertiary/aromatic N) is 2. The van der Waals surface area contributed by atoms with E-state index in [1.165, 1.54) is 11.1 Å². The summed E-state index contributed by atoms with van der Waals surface area (Å²) in [6, 6.07) is 10.4. The molecule has 0 spiro atoms. The van der Waals surface area contributed by atoms with Gasteiger partial charge < -0.3 is 19.5 Å². The summed E-state index contributed by atoms with van der Waals surface area (Å²) in [4.78, 5) is 15.1. The van der Waals surface area contributed by atoms with Gasteiger partial charge in [-0.1, -0.05) is 29.4 Å². The average molecular weight is 383 g/mol. The largest absolute Gasteiger partial charge is 0.377 e. The minimum absolute atomic E-state index is 0.284. The molecule has 2 unspecified atom stereocenters. The number of fused-ring (bicyclic) bond motifs is 1. The van der Waals surface area contributed by atoms with Crippen LogP contribution in [0.3, 0.4) is 0 Å². The summed E-state index contributed by atoms with van der Waals surface area (Å²) in [5.74, 6) is 1.82. The van der Waals surface area contributed by atoms with Crippen LogP contribution in [-0.4, -0.2) is 42.7 Å². The maximum atomic E-state index is 13.0. The van der Waals surface area contributed by atoms with Crippen LogP contribution in [0, 0.1) is 11.8 Å². The molecule has 2 atom stereocenters. The summed E-state index contributed by atoms with van der Waals surface area (Å²) in [5, 5.41) is 7.65. The number of amides is 1. The highest BCUT2D eigenvalue weighted by molar-refractivity contribution is 5.76. The van der Waals surface area contributed by atoms with Gasteiger partial charge >= 0.3 is 0 Å². The fourth-order valence-electron chi connectivity index (χ4n) is 4.48. The van der Waals surface area contributed by atoms with Crippen LogP contribution in [0.4, 0.5) is 0 Å². The monoisotopic (exact) mass is 383 g/mol. The van der Waals surface area contributed by atoms with Gasteiger partial charge in [0.05, 0.1) is 5.69 Å². The van der Waals surface area contributed by atoms with E-state index in [4.69, 9.17) is 9.26 Å². The molecule has 0 aliphatic carbocycles. The first-order chi connectivity index (χ1) is 13.7. The average Bonchev–Trinajstić information content (AvgIpc) is 3.16. The third-order valence-corrected chi connectivity index (χ3v) is 6.05. The van der Waals surface area contributed by atoms with Crippen molar-refractivity contribution in [2.75, 3.05) is 26.7 Å². The second-order valence-corrected chi connectivity index (χ2v) is 7.97. The Bertz CT molecular complexity index is 804. The summed E-state index contributed by atoms with van der Waals surface area (Å²) in [6.07, 6.45) is 3.45. The van der Waals surface area contributed by atoms with Gasteiger partial charge in [-0.05, 0) is 55.3 Å². The Kier molecular flexibility index (Phi) is 6.07. The number of hydrogen-bond acceptors (Lipinski definition) is 5. The lowest BCUT2D eigenvalue weighted by atomic mass is 9.81. The van der Waals surface area contributed by atoms with Crippen LogP contribution in [0.25, 0.3) is 0 Å². The van der Waals surface area contributed by atoms with Crippen LogP contribution in [0.15, 0.2) is 34.9 Å². The third kappa shape index (κ3) is 4.45. The van der Waals surface area contributed by atoms with E-state index in [1.807, 2.05) is 11.0 Å². The lowest BCUT2D eigenvalue weighted by Crippen LogP contribution is -2.42. The molecular formula is C22H29N3O3. The zero-order chi connectivity index (χ0) is 19.3. The van der Waals surface area contributed by atoms with E-state index in [9.17, 15) is 4.79 Å². The first-order valence-corrected chi connectivity index (χ1v) is 10.2. The fraction of sp³-hybridized carbons (Fsp3) is 0.545. The van der Waals surface area contributed by atoms with Gasteiger partial charge in [0.15, 0.2) is 5.76 Å². The van der Waals surface area contributed by atoms with Crippen LogP contribution >= 0.6 is 0 Å². The second-order valence-electron chi connectivity index (χ2n) is 7.97. The maximum Gasteiger partial charge on any atom is 0.223 e. The number of aromatic nitrogens is 1. The molecular weight excluding hydrogens is 354 g/mol. The van der Waals surface area contributed by atoms with Crippen molar-refractivity contribution >= 4 is 5.91 Å². The number of hydrogen-bond donors (Lipinski definition) is 1. The van der Waals surface area contributed by atoms with Crippen molar-refractivity contribution < 1.29 is 14.1 Å². The molecule has 6 nitrogen and oxygen atoms in total. The van der Waals surface area contributed by atoms with E-state index in [0.29, 0.717) is 24.9 Å². The van der Waals surface area contributed by atoms with Gasteiger partial charge in [0.25, 0.3) is 0 Å². The summed E-state index contributed by atoms with van der Waals surface area (Å²) >= 11 is 0. The van der Waals surface area contributed by atoms with E-state index in [2.05, 4.69) is 34.7 Å². The summed E-state index contributed by atoms with van der Waals surface area (Å²) < 4.78 is 10.4. The Morgan fingerprint density at radius 3 is 3.04 bits per heavy atom. The van der Waals surface area contributed by atoms with Gasteiger partial charge in [0.2, 0.25) is 5.91 Å². The summed E-state index contributed by atoms with van der Waals surface area (Å²) in [6.45, 7) is 3.91. The highest BCUT2D eigenvalue weighted by Crippen LogP contribution is 2.28. The molecule has 1 saturated heterocycles. The zero-order valence-corrected chi connectivity index (χ0v) is 16.5. The van der Waals surface area contributed by atoms with Gasteiger partial charge in [-0.25, -0.2) is 0 Å². The molecule has 2 aliphatic heterocycles. The molecule has 28 heavy (non-hydrogen) atoms. The fourth-order valence-corrected chi connectivity index (χ4v) is 4.48. The van der Waals surface area contributed by atoms with Crippen molar-refractivity contribution in [2.45, 2.75) is 38.8 Å². The first kappa shape index (κ1) is 19.2. The number of methoxy groups -OCH3 is 1. The minimum atomic E-state index is 0.284. The second kappa shape index (κ2) is 8.88. The van der Waals surface area contributed by atoms with E-state index < -0.39 is 0 Å². The van der Waals surface area contributed by atoms with Crippen molar-refractivity contribution in [3.8, 4) is 0 Å². The van der Waals surface area contributed by atoms with E-state index in [1.54, 1.807) is 7.11 Å². The highest BCUT2D eigenvalue weighted by Gasteiger charge is 2.30. The van der Waals surface area contributed by atoms with Crippen molar-refractivity contribution in [1.82, 2.24) is 15.4 Å². The molecule has 1 N–H and O–H groups in total. The number of ether oxygens (including phenoxy) is 1.